The first kappa shape index (κ1) is 20.5. The van der Waals surface area contributed by atoms with Crippen molar-refractivity contribution in [1.82, 2.24) is 19.9 Å². The SMILES string of the molecule is CNc1cc(F)cc2c1[nH]c1nc(Oc3cnc4c(c3)OCCO4)nc(N3C[C@H](N)C4(CC4)C3)c12. The lowest BCUT2D eigenvalue weighted by molar-refractivity contribution is 0.163. The first-order valence-electron chi connectivity index (χ1n) is 11.7. The second-order valence-corrected chi connectivity index (χ2v) is 9.43. The topological polar surface area (TPSA) is 123 Å². The van der Waals surface area contributed by atoms with E-state index in [9.17, 15) is 4.39 Å². The average molecular weight is 478 g/mol. The molecule has 1 atom stereocenters. The van der Waals surface area contributed by atoms with Crippen LogP contribution in [0.4, 0.5) is 15.9 Å². The number of hydrogen-bond acceptors (Lipinski definition) is 9. The number of halogens is 1. The zero-order valence-corrected chi connectivity index (χ0v) is 19.1. The van der Waals surface area contributed by atoms with Crippen molar-refractivity contribution >= 4 is 33.4 Å². The van der Waals surface area contributed by atoms with Gasteiger partial charge in [0.2, 0.25) is 0 Å². The highest BCUT2D eigenvalue weighted by Gasteiger charge is 2.54. The van der Waals surface area contributed by atoms with Gasteiger partial charge in [0.25, 0.3) is 5.88 Å². The second kappa shape index (κ2) is 7.32. The molecule has 1 spiro atoms. The quantitative estimate of drug-likeness (QED) is 0.407. The van der Waals surface area contributed by atoms with Crippen LogP contribution in [0.15, 0.2) is 24.4 Å². The number of aromatic nitrogens is 4. The number of benzene rings is 1. The first-order chi connectivity index (χ1) is 17.0. The van der Waals surface area contributed by atoms with Crippen LogP contribution >= 0.6 is 0 Å². The molecule has 1 saturated carbocycles. The molecular weight excluding hydrogens is 453 g/mol. The fraction of sp³-hybridized carbons (Fsp3) is 0.375. The molecule has 0 amide bonds. The number of aromatic amines is 1. The number of hydrogen-bond donors (Lipinski definition) is 3. The Morgan fingerprint density at radius 1 is 1.23 bits per heavy atom. The summed E-state index contributed by atoms with van der Waals surface area (Å²) in [4.78, 5) is 19.2. The van der Waals surface area contributed by atoms with E-state index < -0.39 is 0 Å². The number of nitrogens with one attached hydrogen (secondary N) is 2. The summed E-state index contributed by atoms with van der Waals surface area (Å²) >= 11 is 0. The molecule has 4 aromatic rings. The van der Waals surface area contributed by atoms with Gasteiger partial charge in [-0.15, -0.1) is 0 Å². The van der Waals surface area contributed by atoms with Crippen molar-refractivity contribution in [3.05, 3.63) is 30.2 Å². The molecule has 35 heavy (non-hydrogen) atoms. The van der Waals surface area contributed by atoms with Crippen LogP contribution in [0.2, 0.25) is 0 Å². The van der Waals surface area contributed by atoms with Gasteiger partial charge in [0.15, 0.2) is 11.5 Å². The molecule has 4 N–H and O–H groups in total. The highest BCUT2D eigenvalue weighted by molar-refractivity contribution is 6.14. The number of anilines is 2. The third kappa shape index (κ3) is 3.22. The summed E-state index contributed by atoms with van der Waals surface area (Å²) in [6.45, 7) is 2.36. The lowest BCUT2D eigenvalue weighted by atomic mass is 10.0. The summed E-state index contributed by atoms with van der Waals surface area (Å²) < 4.78 is 31.7. The van der Waals surface area contributed by atoms with Gasteiger partial charge in [-0.2, -0.15) is 9.97 Å². The van der Waals surface area contributed by atoms with Gasteiger partial charge in [0.1, 0.15) is 30.5 Å². The van der Waals surface area contributed by atoms with Crippen LogP contribution in [-0.4, -0.2) is 59.3 Å². The summed E-state index contributed by atoms with van der Waals surface area (Å²) in [5, 5.41) is 4.51. The lowest BCUT2D eigenvalue weighted by Gasteiger charge is -2.19. The zero-order chi connectivity index (χ0) is 23.7. The number of H-pyrrole nitrogens is 1. The van der Waals surface area contributed by atoms with Crippen LogP contribution in [-0.2, 0) is 0 Å². The summed E-state index contributed by atoms with van der Waals surface area (Å²) in [6, 6.07) is 4.88. The van der Waals surface area contributed by atoms with Gasteiger partial charge >= 0.3 is 6.01 Å². The molecule has 0 unspecified atom stereocenters. The molecule has 2 fully saturated rings. The number of fused-ring (bicyclic) bond motifs is 4. The van der Waals surface area contributed by atoms with E-state index in [0.717, 1.165) is 30.3 Å². The molecule has 1 aliphatic carbocycles. The molecule has 3 aromatic heterocycles. The maximum absolute atomic E-state index is 14.5. The summed E-state index contributed by atoms with van der Waals surface area (Å²) in [6.07, 6.45) is 3.76. The third-order valence-corrected chi connectivity index (χ3v) is 7.24. The van der Waals surface area contributed by atoms with E-state index >= 15 is 0 Å². The molecule has 3 aliphatic rings. The Bertz CT molecular complexity index is 1490. The Balaban J connectivity index is 1.37. The molecule has 10 nitrogen and oxygen atoms in total. The van der Waals surface area contributed by atoms with Gasteiger partial charge in [0.05, 0.1) is 22.8 Å². The highest BCUT2D eigenvalue weighted by Crippen LogP contribution is 2.53. The van der Waals surface area contributed by atoms with Crippen LogP contribution in [0.1, 0.15) is 12.8 Å². The number of nitrogens with two attached hydrogens (primary N) is 1. The molecule has 7 rings (SSSR count). The normalized spacial score (nSPS) is 20.1. The van der Waals surface area contributed by atoms with E-state index in [-0.39, 0.29) is 23.3 Å². The van der Waals surface area contributed by atoms with E-state index in [0.29, 0.717) is 59.7 Å². The van der Waals surface area contributed by atoms with Crippen molar-refractivity contribution in [2.45, 2.75) is 18.9 Å². The number of rotatable bonds is 4. The minimum atomic E-state index is -0.340. The minimum absolute atomic E-state index is 0.0636. The van der Waals surface area contributed by atoms with Crippen LogP contribution < -0.4 is 30.2 Å². The van der Waals surface area contributed by atoms with E-state index in [1.165, 1.54) is 12.1 Å². The predicted octanol–water partition coefficient (Wildman–Crippen LogP) is 3.18. The summed E-state index contributed by atoms with van der Waals surface area (Å²) in [5.74, 6) is 1.70. The molecule has 11 heteroatoms. The summed E-state index contributed by atoms with van der Waals surface area (Å²) in [7, 11) is 1.76. The maximum atomic E-state index is 14.5. The van der Waals surface area contributed by atoms with E-state index in [1.54, 1.807) is 19.3 Å². The van der Waals surface area contributed by atoms with E-state index in [4.69, 9.17) is 24.9 Å². The molecule has 0 radical (unpaired) electrons. The first-order valence-corrected chi connectivity index (χ1v) is 11.7. The average Bonchev–Trinajstić information content (AvgIpc) is 3.45. The molecular formula is C24H24FN7O3. The van der Waals surface area contributed by atoms with Gasteiger partial charge < -0.3 is 35.1 Å². The van der Waals surface area contributed by atoms with Crippen molar-refractivity contribution in [3.8, 4) is 23.4 Å². The van der Waals surface area contributed by atoms with Crippen LogP contribution in [0.5, 0.6) is 23.4 Å². The molecule has 1 aromatic carbocycles. The van der Waals surface area contributed by atoms with Crippen molar-refractivity contribution in [1.29, 1.82) is 0 Å². The van der Waals surface area contributed by atoms with Gasteiger partial charge in [-0.25, -0.2) is 9.37 Å². The monoisotopic (exact) mass is 477 g/mol. The van der Waals surface area contributed by atoms with Crippen molar-refractivity contribution in [2.75, 3.05) is 43.6 Å². The van der Waals surface area contributed by atoms with Crippen LogP contribution in [0, 0.1) is 11.2 Å². The van der Waals surface area contributed by atoms with Crippen molar-refractivity contribution < 1.29 is 18.6 Å². The van der Waals surface area contributed by atoms with Gasteiger partial charge in [-0.1, -0.05) is 0 Å². The Kier molecular flexibility index (Phi) is 4.29. The van der Waals surface area contributed by atoms with Gasteiger partial charge in [-0.05, 0) is 25.0 Å². The maximum Gasteiger partial charge on any atom is 0.326 e. The molecule has 0 bridgehead atoms. The fourth-order valence-electron chi connectivity index (χ4n) is 5.22. The number of ether oxygens (including phenoxy) is 3. The smallest absolute Gasteiger partial charge is 0.326 e. The second-order valence-electron chi connectivity index (χ2n) is 9.43. The van der Waals surface area contributed by atoms with Crippen LogP contribution in [0.25, 0.3) is 21.9 Å². The number of nitrogens with zero attached hydrogens (tertiary/aromatic N) is 4. The van der Waals surface area contributed by atoms with Crippen LogP contribution in [0.3, 0.4) is 0 Å². The third-order valence-electron chi connectivity index (χ3n) is 7.24. The molecule has 5 heterocycles. The molecule has 1 saturated heterocycles. The number of pyridine rings is 1. The van der Waals surface area contributed by atoms with E-state index in [1.807, 2.05) is 0 Å². The molecule has 180 valence electrons. The Labute approximate surface area is 199 Å². The van der Waals surface area contributed by atoms with Crippen molar-refractivity contribution in [2.24, 2.45) is 11.1 Å². The zero-order valence-electron chi connectivity index (χ0n) is 19.1. The lowest BCUT2D eigenvalue weighted by Crippen LogP contribution is -2.30. The van der Waals surface area contributed by atoms with Gasteiger partial charge in [-0.3, -0.25) is 0 Å². The van der Waals surface area contributed by atoms with Gasteiger partial charge in [0, 0.05) is 43.0 Å². The van der Waals surface area contributed by atoms with E-state index in [2.05, 4.69) is 25.2 Å². The minimum Gasteiger partial charge on any atom is -0.484 e. The highest BCUT2D eigenvalue weighted by atomic mass is 19.1. The summed E-state index contributed by atoms with van der Waals surface area (Å²) in [5.41, 5.74) is 8.58. The Hall–Kier alpha value is -3.86. The predicted molar refractivity (Wildman–Crippen MR) is 128 cm³/mol. The molecule has 2 aliphatic heterocycles. The largest absolute Gasteiger partial charge is 0.484 e. The Morgan fingerprint density at radius 3 is 2.89 bits per heavy atom. The standard InChI is InChI=1S/C24H24FN7O3/c1-27-15-7-12(25)6-14-18-20(29-19(14)15)30-23(31-21(18)32-10-17(26)24(11-32)2-3-24)35-13-8-16-22(28-9-13)34-5-4-33-16/h6-9,17,27H,2-5,10-11,26H2,1H3,(H,29,30,31)/t17-/m0/s1. The fourth-order valence-corrected chi connectivity index (χ4v) is 5.22. The van der Waals surface area contributed by atoms with Crippen molar-refractivity contribution in [3.63, 3.8) is 0 Å². The Morgan fingerprint density at radius 2 is 2.09 bits per heavy atom.